The van der Waals surface area contributed by atoms with Gasteiger partial charge in [0.1, 0.15) is 0 Å². The smallest absolute Gasteiger partial charge is 0.0540 e. The van der Waals surface area contributed by atoms with Gasteiger partial charge in [-0.15, -0.1) is 0 Å². The number of hydrogen-bond acceptors (Lipinski definition) is 2. The van der Waals surface area contributed by atoms with Crippen molar-refractivity contribution in [3.8, 4) is 0 Å². The molecule has 2 heteroatoms. The molecule has 78 valence electrons. The molecule has 2 N–H and O–H groups in total. The Kier molecular flexibility index (Phi) is 8.00. The lowest BCUT2D eigenvalue weighted by Crippen LogP contribution is -2.05. The molecule has 0 aliphatic carbocycles. The summed E-state index contributed by atoms with van der Waals surface area (Å²) < 4.78 is 0. The van der Waals surface area contributed by atoms with Crippen molar-refractivity contribution in [2.24, 2.45) is 0 Å². The Balaban J connectivity index is 3.11. The summed E-state index contributed by atoms with van der Waals surface area (Å²) in [5.41, 5.74) is 0.772. The maximum atomic E-state index is 9.42. The van der Waals surface area contributed by atoms with Crippen molar-refractivity contribution in [3.63, 3.8) is 0 Å². The second-order valence-corrected chi connectivity index (χ2v) is 3.82. The summed E-state index contributed by atoms with van der Waals surface area (Å²) in [7, 11) is 0. The van der Waals surface area contributed by atoms with Crippen molar-refractivity contribution < 1.29 is 5.11 Å². The Morgan fingerprint density at radius 3 is 2.46 bits per heavy atom. The third-order valence-electron chi connectivity index (χ3n) is 2.21. The standard InChI is InChI=1S/C11H23NO/c1-3-7-11(13)9-6-4-5-8-10(2)12/h11-13H,3-9H2,1-2H3. The fraction of sp³-hybridized carbons (Fsp3) is 0.909. The first kappa shape index (κ1) is 12.6. The molecular weight excluding hydrogens is 162 g/mol. The van der Waals surface area contributed by atoms with Crippen LogP contribution in [-0.2, 0) is 0 Å². The number of unbranched alkanes of at least 4 members (excludes halogenated alkanes) is 2. The van der Waals surface area contributed by atoms with E-state index in [4.69, 9.17) is 5.41 Å². The summed E-state index contributed by atoms with van der Waals surface area (Å²) in [6, 6.07) is 0. The van der Waals surface area contributed by atoms with E-state index in [9.17, 15) is 5.11 Å². The number of rotatable bonds is 8. The molecule has 0 aliphatic rings. The molecule has 0 aromatic heterocycles. The average molecular weight is 185 g/mol. The van der Waals surface area contributed by atoms with Crippen molar-refractivity contribution in [2.75, 3.05) is 0 Å². The Morgan fingerprint density at radius 2 is 1.92 bits per heavy atom. The minimum atomic E-state index is -0.0916. The highest BCUT2D eigenvalue weighted by Crippen LogP contribution is 2.09. The first-order valence-electron chi connectivity index (χ1n) is 5.39. The largest absolute Gasteiger partial charge is 0.393 e. The molecule has 0 aromatic rings. The van der Waals surface area contributed by atoms with Crippen LogP contribution in [0.1, 0.15) is 58.8 Å². The maximum Gasteiger partial charge on any atom is 0.0540 e. The zero-order chi connectivity index (χ0) is 10.1. The van der Waals surface area contributed by atoms with E-state index in [1.165, 1.54) is 0 Å². The Morgan fingerprint density at radius 1 is 1.23 bits per heavy atom. The molecule has 2 nitrogen and oxygen atoms in total. The van der Waals surface area contributed by atoms with Crippen LogP contribution in [0.4, 0.5) is 0 Å². The third kappa shape index (κ3) is 9.54. The van der Waals surface area contributed by atoms with Gasteiger partial charge in [-0.2, -0.15) is 0 Å². The molecular formula is C11H23NO. The van der Waals surface area contributed by atoms with Crippen LogP contribution >= 0.6 is 0 Å². The van der Waals surface area contributed by atoms with Gasteiger partial charge >= 0.3 is 0 Å². The minimum Gasteiger partial charge on any atom is -0.393 e. The molecule has 13 heavy (non-hydrogen) atoms. The van der Waals surface area contributed by atoms with E-state index >= 15 is 0 Å². The molecule has 1 atom stereocenters. The van der Waals surface area contributed by atoms with Gasteiger partial charge in [0.25, 0.3) is 0 Å². The van der Waals surface area contributed by atoms with Gasteiger partial charge in [0.15, 0.2) is 0 Å². The van der Waals surface area contributed by atoms with Gasteiger partial charge in [-0.3, -0.25) is 0 Å². The Labute approximate surface area is 81.9 Å². The summed E-state index contributed by atoms with van der Waals surface area (Å²) in [5.74, 6) is 0. The summed E-state index contributed by atoms with van der Waals surface area (Å²) in [6.45, 7) is 3.95. The van der Waals surface area contributed by atoms with Crippen LogP contribution in [0, 0.1) is 5.41 Å². The zero-order valence-electron chi connectivity index (χ0n) is 8.97. The molecule has 0 aliphatic heterocycles. The van der Waals surface area contributed by atoms with Gasteiger partial charge in [-0.05, 0) is 32.6 Å². The quantitative estimate of drug-likeness (QED) is 0.443. The third-order valence-corrected chi connectivity index (χ3v) is 2.21. The molecule has 1 unspecified atom stereocenters. The monoisotopic (exact) mass is 185 g/mol. The molecule has 0 saturated heterocycles. The van der Waals surface area contributed by atoms with Crippen LogP contribution in [0.2, 0.25) is 0 Å². The fourth-order valence-corrected chi connectivity index (χ4v) is 1.42. The van der Waals surface area contributed by atoms with E-state index in [0.717, 1.165) is 50.7 Å². The second-order valence-electron chi connectivity index (χ2n) is 3.82. The van der Waals surface area contributed by atoms with E-state index in [2.05, 4.69) is 6.92 Å². The Bertz CT molecular complexity index is 134. The molecule has 0 amide bonds. The van der Waals surface area contributed by atoms with Crippen molar-refractivity contribution >= 4 is 5.71 Å². The lowest BCUT2D eigenvalue weighted by Gasteiger charge is -2.07. The van der Waals surface area contributed by atoms with E-state index in [-0.39, 0.29) is 6.10 Å². The van der Waals surface area contributed by atoms with Gasteiger partial charge in [0.05, 0.1) is 6.10 Å². The van der Waals surface area contributed by atoms with Gasteiger partial charge in [-0.1, -0.05) is 26.2 Å². The van der Waals surface area contributed by atoms with Gasteiger partial charge < -0.3 is 10.5 Å². The van der Waals surface area contributed by atoms with E-state index in [1.807, 2.05) is 6.92 Å². The average Bonchev–Trinajstić information content (AvgIpc) is 2.03. The first-order chi connectivity index (χ1) is 6.16. The molecule has 0 heterocycles. The summed E-state index contributed by atoms with van der Waals surface area (Å²) in [5, 5.41) is 16.6. The minimum absolute atomic E-state index is 0.0916. The van der Waals surface area contributed by atoms with E-state index in [0.29, 0.717) is 0 Å². The van der Waals surface area contributed by atoms with Crippen molar-refractivity contribution in [1.82, 2.24) is 0 Å². The fourth-order valence-electron chi connectivity index (χ4n) is 1.42. The van der Waals surface area contributed by atoms with Crippen LogP contribution in [-0.4, -0.2) is 16.9 Å². The van der Waals surface area contributed by atoms with E-state index in [1.54, 1.807) is 0 Å². The normalized spacial score (nSPS) is 12.8. The Hall–Kier alpha value is -0.370. The predicted octanol–water partition coefficient (Wildman–Crippen LogP) is 3.14. The van der Waals surface area contributed by atoms with Gasteiger partial charge in [0, 0.05) is 5.71 Å². The van der Waals surface area contributed by atoms with Crippen LogP contribution in [0.25, 0.3) is 0 Å². The number of nitrogens with one attached hydrogen (secondary N) is 1. The van der Waals surface area contributed by atoms with Crippen LogP contribution < -0.4 is 0 Å². The van der Waals surface area contributed by atoms with Gasteiger partial charge in [0.2, 0.25) is 0 Å². The topological polar surface area (TPSA) is 44.1 Å². The molecule has 0 radical (unpaired) electrons. The second kappa shape index (κ2) is 8.24. The number of aliphatic hydroxyl groups excluding tert-OH is 1. The highest BCUT2D eigenvalue weighted by atomic mass is 16.3. The summed E-state index contributed by atoms with van der Waals surface area (Å²) in [6.07, 6.45) is 7.13. The van der Waals surface area contributed by atoms with Gasteiger partial charge in [-0.25, -0.2) is 0 Å². The van der Waals surface area contributed by atoms with Crippen molar-refractivity contribution in [2.45, 2.75) is 64.9 Å². The van der Waals surface area contributed by atoms with Crippen LogP contribution in [0.15, 0.2) is 0 Å². The molecule has 0 saturated carbocycles. The summed E-state index contributed by atoms with van der Waals surface area (Å²) >= 11 is 0. The van der Waals surface area contributed by atoms with Crippen molar-refractivity contribution in [3.05, 3.63) is 0 Å². The molecule has 0 aromatic carbocycles. The molecule has 0 spiro atoms. The maximum absolute atomic E-state index is 9.42. The molecule has 0 bridgehead atoms. The highest BCUT2D eigenvalue weighted by Gasteiger charge is 2.01. The number of hydrogen-bond donors (Lipinski definition) is 2. The first-order valence-corrected chi connectivity index (χ1v) is 5.39. The summed E-state index contributed by atoms with van der Waals surface area (Å²) in [4.78, 5) is 0. The predicted molar refractivity (Wildman–Crippen MR) is 57.4 cm³/mol. The van der Waals surface area contributed by atoms with E-state index < -0.39 is 0 Å². The van der Waals surface area contributed by atoms with Crippen LogP contribution in [0.3, 0.4) is 0 Å². The lowest BCUT2D eigenvalue weighted by atomic mass is 10.1. The zero-order valence-corrected chi connectivity index (χ0v) is 8.97. The lowest BCUT2D eigenvalue weighted by molar-refractivity contribution is 0.150. The molecule has 0 fully saturated rings. The molecule has 0 rings (SSSR count). The van der Waals surface area contributed by atoms with Crippen molar-refractivity contribution in [1.29, 1.82) is 5.41 Å². The highest BCUT2D eigenvalue weighted by molar-refractivity contribution is 5.78. The van der Waals surface area contributed by atoms with Crippen LogP contribution in [0.5, 0.6) is 0 Å². The SMILES string of the molecule is CCCC(O)CCCCCC(C)=N. The number of aliphatic hydroxyl groups is 1.